The normalized spacial score (nSPS) is 10.6. The number of benzene rings is 1. The Balaban J connectivity index is 1.98. The number of carbonyl (C=O) groups excluding carboxylic acids is 1. The molecule has 0 bridgehead atoms. The van der Waals surface area contributed by atoms with Crippen molar-refractivity contribution in [3.63, 3.8) is 0 Å². The van der Waals surface area contributed by atoms with E-state index in [1.54, 1.807) is 4.68 Å². The van der Waals surface area contributed by atoms with Crippen LogP contribution in [0.15, 0.2) is 24.4 Å². The van der Waals surface area contributed by atoms with Crippen molar-refractivity contribution in [3.05, 3.63) is 45.7 Å². The Hall–Kier alpha value is -1.72. The van der Waals surface area contributed by atoms with E-state index < -0.39 is 0 Å². The topological polar surface area (TPSA) is 72.9 Å². The maximum atomic E-state index is 12.0. The third kappa shape index (κ3) is 3.43. The van der Waals surface area contributed by atoms with Gasteiger partial charge in [0.2, 0.25) is 0 Å². The quantitative estimate of drug-likeness (QED) is 0.851. The molecule has 0 fully saturated rings. The first-order chi connectivity index (χ1) is 9.47. The molecule has 5 nitrogen and oxygen atoms in total. The number of nitrogens with two attached hydrogens (primary N) is 1. The SMILES string of the molecule is Cn1ccc(CCNC(=O)c2cc(N)cc(Cl)c2Cl)n1. The van der Waals surface area contributed by atoms with Gasteiger partial charge >= 0.3 is 0 Å². The molecule has 0 aliphatic heterocycles. The minimum atomic E-state index is -0.305. The summed E-state index contributed by atoms with van der Waals surface area (Å²) in [6.07, 6.45) is 2.49. The van der Waals surface area contributed by atoms with Gasteiger partial charge in [-0.1, -0.05) is 23.2 Å². The number of nitrogens with zero attached hydrogens (tertiary/aromatic N) is 2. The highest BCUT2D eigenvalue weighted by Gasteiger charge is 2.13. The first-order valence-electron chi connectivity index (χ1n) is 5.98. The molecule has 2 aromatic rings. The number of halogens is 2. The lowest BCUT2D eigenvalue weighted by Crippen LogP contribution is -2.26. The fourth-order valence-electron chi connectivity index (χ4n) is 1.77. The number of anilines is 1. The molecule has 1 heterocycles. The van der Waals surface area contributed by atoms with Crippen LogP contribution >= 0.6 is 23.2 Å². The summed E-state index contributed by atoms with van der Waals surface area (Å²) < 4.78 is 1.71. The molecular weight excluding hydrogens is 299 g/mol. The lowest BCUT2D eigenvalue weighted by molar-refractivity contribution is 0.0954. The molecule has 2 rings (SSSR count). The van der Waals surface area contributed by atoms with Crippen molar-refractivity contribution in [3.8, 4) is 0 Å². The Morgan fingerprint density at radius 2 is 2.20 bits per heavy atom. The van der Waals surface area contributed by atoms with Gasteiger partial charge in [-0.05, 0) is 18.2 Å². The second-order valence-corrected chi connectivity index (χ2v) is 5.14. The average molecular weight is 313 g/mol. The summed E-state index contributed by atoms with van der Waals surface area (Å²) >= 11 is 11.9. The van der Waals surface area contributed by atoms with E-state index in [0.717, 1.165) is 5.69 Å². The lowest BCUT2D eigenvalue weighted by Gasteiger charge is -2.08. The minimum absolute atomic E-state index is 0.205. The Kier molecular flexibility index (Phi) is 4.52. The molecule has 0 unspecified atom stereocenters. The number of hydrogen-bond acceptors (Lipinski definition) is 3. The molecule has 1 aromatic carbocycles. The maximum Gasteiger partial charge on any atom is 0.252 e. The van der Waals surface area contributed by atoms with Crippen LogP contribution in [0, 0.1) is 0 Å². The van der Waals surface area contributed by atoms with E-state index in [2.05, 4.69) is 10.4 Å². The van der Waals surface area contributed by atoms with Crippen LogP contribution in [0.4, 0.5) is 5.69 Å². The summed E-state index contributed by atoms with van der Waals surface area (Å²) in [6, 6.07) is 4.91. The Morgan fingerprint density at radius 3 is 2.85 bits per heavy atom. The van der Waals surface area contributed by atoms with Gasteiger partial charge in [0.05, 0.1) is 21.3 Å². The number of rotatable bonds is 4. The zero-order valence-electron chi connectivity index (χ0n) is 10.9. The van der Waals surface area contributed by atoms with Gasteiger partial charge in [0.1, 0.15) is 0 Å². The highest BCUT2D eigenvalue weighted by atomic mass is 35.5. The molecule has 1 aromatic heterocycles. The van der Waals surface area contributed by atoms with Crippen molar-refractivity contribution in [2.45, 2.75) is 6.42 Å². The van der Waals surface area contributed by atoms with Crippen molar-refractivity contribution in [2.75, 3.05) is 12.3 Å². The van der Waals surface area contributed by atoms with Gasteiger partial charge in [-0.15, -0.1) is 0 Å². The van der Waals surface area contributed by atoms with Crippen LogP contribution in [0.2, 0.25) is 10.0 Å². The molecule has 0 radical (unpaired) electrons. The van der Waals surface area contributed by atoms with E-state index in [1.165, 1.54) is 12.1 Å². The third-order valence-electron chi connectivity index (χ3n) is 2.73. The maximum absolute atomic E-state index is 12.0. The molecular formula is C13H14Cl2N4O. The predicted octanol–water partition coefficient (Wildman–Crippen LogP) is 2.28. The third-order valence-corrected chi connectivity index (χ3v) is 3.53. The molecule has 0 aliphatic carbocycles. The summed E-state index contributed by atoms with van der Waals surface area (Å²) in [5.74, 6) is -0.305. The van der Waals surface area contributed by atoms with Crippen LogP contribution < -0.4 is 11.1 Å². The van der Waals surface area contributed by atoms with Crippen molar-refractivity contribution in [1.29, 1.82) is 0 Å². The van der Waals surface area contributed by atoms with Crippen LogP contribution in [0.1, 0.15) is 16.1 Å². The first kappa shape index (κ1) is 14.7. The number of aromatic nitrogens is 2. The molecule has 3 N–H and O–H groups in total. The lowest BCUT2D eigenvalue weighted by atomic mass is 10.2. The standard InChI is InChI=1S/C13H14Cl2N4O/c1-19-5-3-9(18-19)2-4-17-13(20)10-6-8(16)7-11(14)12(10)15/h3,5-7H,2,4,16H2,1H3,(H,17,20). The molecule has 1 amide bonds. The smallest absolute Gasteiger partial charge is 0.252 e. The van der Waals surface area contributed by atoms with Gasteiger partial charge in [0.15, 0.2) is 0 Å². The van der Waals surface area contributed by atoms with E-state index in [9.17, 15) is 4.79 Å². The Bertz CT molecular complexity index is 639. The van der Waals surface area contributed by atoms with Gasteiger partial charge in [0, 0.05) is 31.9 Å². The van der Waals surface area contributed by atoms with Crippen LogP contribution in [0.25, 0.3) is 0 Å². The zero-order chi connectivity index (χ0) is 14.7. The summed E-state index contributed by atoms with van der Waals surface area (Å²) in [7, 11) is 1.84. The van der Waals surface area contributed by atoms with Gasteiger partial charge in [-0.3, -0.25) is 9.48 Å². The molecule has 0 spiro atoms. The molecule has 0 aliphatic rings. The summed E-state index contributed by atoms with van der Waals surface area (Å²) in [5.41, 5.74) is 7.23. The van der Waals surface area contributed by atoms with Crippen molar-refractivity contribution < 1.29 is 4.79 Å². The monoisotopic (exact) mass is 312 g/mol. The molecule has 0 atom stereocenters. The van der Waals surface area contributed by atoms with E-state index in [0.29, 0.717) is 18.7 Å². The molecule has 0 saturated heterocycles. The highest BCUT2D eigenvalue weighted by Crippen LogP contribution is 2.28. The summed E-state index contributed by atoms with van der Waals surface area (Å²) in [6.45, 7) is 0.457. The van der Waals surface area contributed by atoms with E-state index in [-0.39, 0.29) is 21.5 Å². The van der Waals surface area contributed by atoms with E-state index in [1.807, 2.05) is 19.3 Å². The summed E-state index contributed by atoms with van der Waals surface area (Å²) in [5, 5.41) is 7.46. The molecule has 106 valence electrons. The van der Waals surface area contributed by atoms with Crippen LogP contribution in [0.5, 0.6) is 0 Å². The molecule has 7 heteroatoms. The largest absolute Gasteiger partial charge is 0.399 e. The minimum Gasteiger partial charge on any atom is -0.399 e. The number of nitrogen functional groups attached to an aromatic ring is 1. The highest BCUT2D eigenvalue weighted by molar-refractivity contribution is 6.44. The second-order valence-electron chi connectivity index (χ2n) is 4.35. The second kappa shape index (κ2) is 6.15. The van der Waals surface area contributed by atoms with Crippen LogP contribution in [-0.2, 0) is 13.5 Å². The summed E-state index contributed by atoms with van der Waals surface area (Å²) in [4.78, 5) is 12.0. The number of amides is 1. The van der Waals surface area contributed by atoms with Gasteiger partial charge in [-0.25, -0.2) is 0 Å². The van der Waals surface area contributed by atoms with Gasteiger partial charge in [0.25, 0.3) is 5.91 Å². The number of nitrogens with one attached hydrogen (secondary N) is 1. The van der Waals surface area contributed by atoms with Crippen LogP contribution in [-0.4, -0.2) is 22.2 Å². The van der Waals surface area contributed by atoms with Crippen molar-refractivity contribution >= 4 is 34.8 Å². The van der Waals surface area contributed by atoms with Gasteiger partial charge < -0.3 is 11.1 Å². The zero-order valence-corrected chi connectivity index (χ0v) is 12.4. The molecule has 0 saturated carbocycles. The Morgan fingerprint density at radius 1 is 1.45 bits per heavy atom. The fourth-order valence-corrected chi connectivity index (χ4v) is 2.19. The number of hydrogen-bond donors (Lipinski definition) is 2. The Labute approximate surface area is 126 Å². The number of carbonyl (C=O) groups is 1. The van der Waals surface area contributed by atoms with Crippen LogP contribution in [0.3, 0.4) is 0 Å². The molecule has 20 heavy (non-hydrogen) atoms. The fraction of sp³-hybridized carbons (Fsp3) is 0.231. The first-order valence-corrected chi connectivity index (χ1v) is 6.74. The number of aryl methyl sites for hydroxylation is 1. The van der Waals surface area contributed by atoms with Gasteiger partial charge in [-0.2, -0.15) is 5.10 Å². The van der Waals surface area contributed by atoms with Crippen molar-refractivity contribution in [1.82, 2.24) is 15.1 Å². The average Bonchev–Trinajstić information content (AvgIpc) is 2.79. The van der Waals surface area contributed by atoms with E-state index >= 15 is 0 Å². The van der Waals surface area contributed by atoms with E-state index in [4.69, 9.17) is 28.9 Å². The predicted molar refractivity (Wildman–Crippen MR) is 80.1 cm³/mol. The van der Waals surface area contributed by atoms with Crippen molar-refractivity contribution in [2.24, 2.45) is 7.05 Å².